The molecular weight excluding hydrogens is 323 g/mol. The second-order valence-electron chi connectivity index (χ2n) is 5.44. The van der Waals surface area contributed by atoms with Crippen LogP contribution >= 0.6 is 0 Å². The van der Waals surface area contributed by atoms with Crippen LogP contribution in [0.15, 0.2) is 30.3 Å². The molecule has 1 aliphatic heterocycles. The van der Waals surface area contributed by atoms with Crippen LogP contribution in [0.25, 0.3) is 0 Å². The molecule has 0 unspecified atom stereocenters. The molecule has 0 amide bonds. The first-order valence-electron chi connectivity index (χ1n) is 6.39. The summed E-state index contributed by atoms with van der Waals surface area (Å²) in [6, 6.07) is 10.1. The molecule has 108 valence electrons. The zero-order valence-electron chi connectivity index (χ0n) is 11.8. The summed E-state index contributed by atoms with van der Waals surface area (Å²) in [5, 5.41) is 0. The molecule has 1 heterocycles. The molecule has 20 heavy (non-hydrogen) atoms. The van der Waals surface area contributed by atoms with Gasteiger partial charge in [0, 0.05) is 0 Å². The summed E-state index contributed by atoms with van der Waals surface area (Å²) < 4.78 is 11.1. The number of hydrogen-bond acceptors (Lipinski definition) is 4. The van der Waals surface area contributed by atoms with Crippen molar-refractivity contribution in [2.45, 2.75) is 24.6 Å². The van der Waals surface area contributed by atoms with Gasteiger partial charge in [-0.3, -0.25) is 0 Å². The van der Waals surface area contributed by atoms with Crippen molar-refractivity contribution in [2.24, 2.45) is 5.41 Å². The van der Waals surface area contributed by atoms with Crippen LogP contribution in [0.2, 0.25) is 4.31 Å². The Hall–Kier alpha value is -1.32. The average molecular weight is 341 g/mol. The Balaban J connectivity index is 2.21. The van der Waals surface area contributed by atoms with Crippen molar-refractivity contribution in [3.8, 4) is 0 Å². The van der Waals surface area contributed by atoms with E-state index in [4.69, 9.17) is 9.47 Å². The van der Waals surface area contributed by atoms with Gasteiger partial charge in [0.1, 0.15) is 0 Å². The van der Waals surface area contributed by atoms with Gasteiger partial charge in [-0.25, -0.2) is 0 Å². The number of carbonyl (C=O) groups is 2. The summed E-state index contributed by atoms with van der Waals surface area (Å²) in [6.07, 6.45) is 0.459. The van der Waals surface area contributed by atoms with Gasteiger partial charge in [-0.15, -0.1) is 0 Å². The third-order valence-electron chi connectivity index (χ3n) is 3.43. The van der Waals surface area contributed by atoms with Crippen molar-refractivity contribution in [3.63, 3.8) is 0 Å². The number of cyclic esters (lactones) is 1. The van der Waals surface area contributed by atoms with E-state index in [2.05, 4.69) is 19.1 Å². The van der Waals surface area contributed by atoms with Crippen LogP contribution in [-0.2, 0) is 19.1 Å². The summed E-state index contributed by atoms with van der Waals surface area (Å²) in [4.78, 5) is 23.9. The van der Waals surface area contributed by atoms with Crippen LogP contribution in [0.5, 0.6) is 0 Å². The standard InChI is InChI=1S/C15H18O4Se/c1-14(20-11-7-5-4-6-8-11)9-15(2,12(16)18-3)13(17)19-10-14/h4-8H,9-10H2,1-3H3/t14-,15+/m1/s1. The van der Waals surface area contributed by atoms with Crippen molar-refractivity contribution in [2.75, 3.05) is 13.7 Å². The van der Waals surface area contributed by atoms with Crippen LogP contribution in [0.3, 0.4) is 0 Å². The van der Waals surface area contributed by atoms with Crippen molar-refractivity contribution in [1.29, 1.82) is 0 Å². The first kappa shape index (κ1) is 15.1. The number of ether oxygens (including phenoxy) is 2. The van der Waals surface area contributed by atoms with Crippen molar-refractivity contribution >= 4 is 31.4 Å². The maximum absolute atomic E-state index is 11.9. The Morgan fingerprint density at radius 3 is 2.55 bits per heavy atom. The van der Waals surface area contributed by atoms with E-state index in [1.54, 1.807) is 6.92 Å². The second kappa shape index (κ2) is 5.58. The van der Waals surface area contributed by atoms with Crippen LogP contribution in [-0.4, -0.2) is 40.6 Å². The fourth-order valence-corrected chi connectivity index (χ4v) is 5.28. The van der Waals surface area contributed by atoms with E-state index in [0.717, 1.165) is 0 Å². The SMILES string of the molecule is COC(=O)[C@]1(C)C[C@@](C)([Se]c2ccccc2)COC1=O. The van der Waals surface area contributed by atoms with Gasteiger partial charge in [-0.2, -0.15) is 0 Å². The predicted molar refractivity (Wildman–Crippen MR) is 75.9 cm³/mol. The van der Waals surface area contributed by atoms with E-state index in [0.29, 0.717) is 13.0 Å². The van der Waals surface area contributed by atoms with Gasteiger partial charge >= 0.3 is 124 Å². The molecule has 0 radical (unpaired) electrons. The average Bonchev–Trinajstić information content (AvgIpc) is 2.43. The monoisotopic (exact) mass is 342 g/mol. The molecule has 4 nitrogen and oxygen atoms in total. The van der Waals surface area contributed by atoms with Gasteiger partial charge in [-0.05, 0) is 0 Å². The summed E-state index contributed by atoms with van der Waals surface area (Å²) in [6.45, 7) is 4.03. The molecule has 0 aromatic heterocycles. The number of esters is 2. The van der Waals surface area contributed by atoms with Gasteiger partial charge in [-0.1, -0.05) is 0 Å². The first-order valence-corrected chi connectivity index (χ1v) is 8.11. The molecule has 2 rings (SSSR count). The summed E-state index contributed by atoms with van der Waals surface area (Å²) in [5.74, 6) is -0.997. The molecule has 0 bridgehead atoms. The van der Waals surface area contributed by atoms with Crippen LogP contribution in [0.4, 0.5) is 0 Å². The van der Waals surface area contributed by atoms with Crippen LogP contribution in [0.1, 0.15) is 20.3 Å². The third kappa shape index (κ3) is 2.89. The quantitative estimate of drug-likeness (QED) is 0.473. The maximum atomic E-state index is 11.9. The van der Waals surface area contributed by atoms with Gasteiger partial charge in [0.15, 0.2) is 0 Å². The number of hydrogen-bond donors (Lipinski definition) is 0. The van der Waals surface area contributed by atoms with Crippen LogP contribution < -0.4 is 4.46 Å². The molecule has 5 heteroatoms. The Labute approximate surface area is 125 Å². The number of rotatable bonds is 3. The number of carbonyl (C=O) groups excluding carboxylic acids is 2. The van der Waals surface area contributed by atoms with Crippen molar-refractivity contribution in [3.05, 3.63) is 30.3 Å². The molecule has 1 aliphatic rings. The van der Waals surface area contributed by atoms with E-state index in [1.807, 2.05) is 18.2 Å². The molecule has 1 aromatic carbocycles. The fraction of sp³-hybridized carbons (Fsp3) is 0.467. The zero-order chi connectivity index (χ0) is 14.8. The van der Waals surface area contributed by atoms with E-state index in [9.17, 15) is 9.59 Å². The zero-order valence-corrected chi connectivity index (χ0v) is 13.6. The van der Waals surface area contributed by atoms with E-state index in [-0.39, 0.29) is 19.3 Å². The van der Waals surface area contributed by atoms with Gasteiger partial charge in [0.25, 0.3) is 0 Å². The third-order valence-corrected chi connectivity index (χ3v) is 6.08. The molecule has 0 spiro atoms. The van der Waals surface area contributed by atoms with E-state index >= 15 is 0 Å². The fourth-order valence-electron chi connectivity index (χ4n) is 2.47. The molecule has 1 fully saturated rings. The molecule has 1 aromatic rings. The van der Waals surface area contributed by atoms with Gasteiger partial charge in [0.05, 0.1) is 0 Å². The molecule has 2 atom stereocenters. The predicted octanol–water partition coefficient (Wildman–Crippen LogP) is 1.32. The van der Waals surface area contributed by atoms with Gasteiger partial charge < -0.3 is 0 Å². The summed E-state index contributed by atoms with van der Waals surface area (Å²) >= 11 is 0.115. The van der Waals surface area contributed by atoms with Crippen molar-refractivity contribution < 1.29 is 19.1 Å². The second-order valence-corrected chi connectivity index (χ2v) is 8.93. The number of methoxy groups -OCH3 is 1. The van der Waals surface area contributed by atoms with Gasteiger partial charge in [0.2, 0.25) is 0 Å². The number of benzene rings is 1. The first-order chi connectivity index (χ1) is 9.39. The topological polar surface area (TPSA) is 52.6 Å². The van der Waals surface area contributed by atoms with E-state index < -0.39 is 17.4 Å². The molecule has 0 N–H and O–H groups in total. The Morgan fingerprint density at radius 1 is 1.30 bits per heavy atom. The summed E-state index contributed by atoms with van der Waals surface area (Å²) in [7, 11) is 1.30. The molecule has 0 saturated carbocycles. The Bertz CT molecular complexity index is 506. The Morgan fingerprint density at radius 2 is 1.95 bits per heavy atom. The molecular formula is C15H18O4Se. The molecule has 1 saturated heterocycles. The summed E-state index contributed by atoms with van der Waals surface area (Å²) in [5.41, 5.74) is -1.20. The Kier molecular flexibility index (Phi) is 4.21. The molecule has 0 aliphatic carbocycles. The van der Waals surface area contributed by atoms with Crippen LogP contribution in [0, 0.1) is 5.41 Å². The minimum atomic E-state index is -1.20. The van der Waals surface area contributed by atoms with E-state index in [1.165, 1.54) is 11.6 Å². The minimum absolute atomic E-state index is 0.115. The normalized spacial score (nSPS) is 29.6. The van der Waals surface area contributed by atoms with Crippen molar-refractivity contribution in [1.82, 2.24) is 0 Å².